The highest BCUT2D eigenvalue weighted by atomic mass is 16.5. The summed E-state index contributed by atoms with van der Waals surface area (Å²) in [5, 5.41) is 4.85. The van der Waals surface area contributed by atoms with Crippen molar-refractivity contribution in [2.24, 2.45) is 0 Å². The molecule has 5 rings (SSSR count). The van der Waals surface area contributed by atoms with Crippen molar-refractivity contribution in [3.05, 3.63) is 60.2 Å². The Bertz CT molecular complexity index is 966. The molecule has 0 amide bonds. The van der Waals surface area contributed by atoms with Crippen molar-refractivity contribution in [2.45, 2.75) is 25.4 Å². The highest BCUT2D eigenvalue weighted by molar-refractivity contribution is 5.90. The van der Waals surface area contributed by atoms with Gasteiger partial charge in [0.2, 0.25) is 5.95 Å². The van der Waals surface area contributed by atoms with E-state index in [1.54, 1.807) is 0 Å². The van der Waals surface area contributed by atoms with Crippen molar-refractivity contribution >= 4 is 22.7 Å². The van der Waals surface area contributed by atoms with Crippen LogP contribution in [-0.4, -0.2) is 60.3 Å². The summed E-state index contributed by atoms with van der Waals surface area (Å²) in [5.41, 5.74) is 2.39. The zero-order valence-electron chi connectivity index (χ0n) is 17.3. The van der Waals surface area contributed by atoms with Gasteiger partial charge in [0, 0.05) is 44.2 Å². The summed E-state index contributed by atoms with van der Waals surface area (Å²) in [6.45, 7) is 6.39. The van der Waals surface area contributed by atoms with Gasteiger partial charge < -0.3 is 15.0 Å². The Hall–Kier alpha value is -2.70. The quantitative estimate of drug-likeness (QED) is 0.703. The van der Waals surface area contributed by atoms with Gasteiger partial charge in [-0.25, -0.2) is 4.98 Å². The number of para-hydroxylation sites is 1. The Balaban J connectivity index is 1.29. The number of piperidine rings is 1. The van der Waals surface area contributed by atoms with Crippen LogP contribution in [0, 0.1) is 0 Å². The molecule has 0 radical (unpaired) electrons. The Labute approximate surface area is 177 Å². The van der Waals surface area contributed by atoms with Gasteiger partial charge in [0.25, 0.3) is 0 Å². The molecule has 2 saturated heterocycles. The molecule has 1 N–H and O–H groups in total. The molecular formula is C24H29N5O. The average molecular weight is 404 g/mol. The lowest BCUT2D eigenvalue weighted by atomic mass is 10.0. The zero-order valence-corrected chi connectivity index (χ0v) is 17.3. The summed E-state index contributed by atoms with van der Waals surface area (Å²) in [7, 11) is 0. The van der Waals surface area contributed by atoms with Gasteiger partial charge in [0.1, 0.15) is 5.82 Å². The van der Waals surface area contributed by atoms with Crippen LogP contribution in [0.25, 0.3) is 10.9 Å². The molecule has 0 aliphatic carbocycles. The molecule has 156 valence electrons. The first kappa shape index (κ1) is 19.3. The Morgan fingerprint density at radius 2 is 1.60 bits per heavy atom. The summed E-state index contributed by atoms with van der Waals surface area (Å²) in [5.74, 6) is 1.77. The topological polar surface area (TPSA) is 53.5 Å². The van der Waals surface area contributed by atoms with Gasteiger partial charge in [-0.15, -0.1) is 0 Å². The number of nitrogens with one attached hydrogen (secondary N) is 1. The summed E-state index contributed by atoms with van der Waals surface area (Å²) in [6, 6.07) is 19.5. The van der Waals surface area contributed by atoms with Crippen molar-refractivity contribution in [1.29, 1.82) is 0 Å². The van der Waals surface area contributed by atoms with Crippen LogP contribution in [-0.2, 0) is 11.3 Å². The monoisotopic (exact) mass is 403 g/mol. The van der Waals surface area contributed by atoms with Crippen LogP contribution < -0.4 is 10.2 Å². The smallest absolute Gasteiger partial charge is 0.228 e. The van der Waals surface area contributed by atoms with Gasteiger partial charge >= 0.3 is 0 Å². The third-order valence-corrected chi connectivity index (χ3v) is 6.06. The van der Waals surface area contributed by atoms with E-state index >= 15 is 0 Å². The lowest BCUT2D eigenvalue weighted by molar-refractivity contribution is 0.122. The molecule has 2 aliphatic heterocycles. The van der Waals surface area contributed by atoms with Crippen molar-refractivity contribution in [3.63, 3.8) is 0 Å². The predicted octanol–water partition coefficient (Wildman–Crippen LogP) is 3.54. The van der Waals surface area contributed by atoms with Crippen molar-refractivity contribution < 1.29 is 4.74 Å². The average Bonchev–Trinajstić information content (AvgIpc) is 2.81. The second-order valence-corrected chi connectivity index (χ2v) is 8.17. The van der Waals surface area contributed by atoms with Crippen LogP contribution in [0.5, 0.6) is 0 Å². The van der Waals surface area contributed by atoms with Crippen LogP contribution in [0.4, 0.5) is 11.8 Å². The minimum atomic E-state index is 0.438. The third kappa shape index (κ3) is 4.40. The maximum absolute atomic E-state index is 5.50. The lowest BCUT2D eigenvalue weighted by Crippen LogP contribution is -2.39. The number of morpholine rings is 1. The SMILES string of the molecule is c1ccc(CN2CCC(Nc3nc(N4CCOCC4)nc4ccccc34)CC2)cc1. The normalized spacial score (nSPS) is 18.6. The standard InChI is InChI=1S/C24H29N5O/c1-2-6-19(7-3-1)18-28-12-10-20(11-13-28)25-23-21-8-4-5-9-22(21)26-24(27-23)29-14-16-30-17-15-29/h1-9,20H,10-18H2,(H,25,26,27). The van der Waals surface area contributed by atoms with Crippen LogP contribution in [0.3, 0.4) is 0 Å². The van der Waals surface area contributed by atoms with Gasteiger partial charge in [-0.05, 0) is 30.5 Å². The molecule has 0 unspecified atom stereocenters. The van der Waals surface area contributed by atoms with E-state index in [0.29, 0.717) is 6.04 Å². The summed E-state index contributed by atoms with van der Waals surface area (Å²) in [6.07, 6.45) is 2.25. The number of rotatable bonds is 5. The third-order valence-electron chi connectivity index (χ3n) is 6.06. The number of aromatic nitrogens is 2. The van der Waals surface area contributed by atoms with Crippen LogP contribution in [0.15, 0.2) is 54.6 Å². The van der Waals surface area contributed by atoms with Gasteiger partial charge in [-0.3, -0.25) is 4.90 Å². The van der Waals surface area contributed by atoms with E-state index in [2.05, 4.69) is 63.6 Å². The van der Waals surface area contributed by atoms with E-state index in [1.165, 1.54) is 5.56 Å². The van der Waals surface area contributed by atoms with Crippen molar-refractivity contribution in [1.82, 2.24) is 14.9 Å². The number of hydrogen-bond donors (Lipinski definition) is 1. The number of fused-ring (bicyclic) bond motifs is 1. The molecule has 0 bridgehead atoms. The van der Waals surface area contributed by atoms with E-state index in [0.717, 1.165) is 81.4 Å². The van der Waals surface area contributed by atoms with Crippen molar-refractivity contribution in [3.8, 4) is 0 Å². The van der Waals surface area contributed by atoms with Crippen LogP contribution >= 0.6 is 0 Å². The van der Waals surface area contributed by atoms with E-state index in [1.807, 2.05) is 6.07 Å². The van der Waals surface area contributed by atoms with E-state index in [9.17, 15) is 0 Å². The minimum absolute atomic E-state index is 0.438. The molecule has 2 fully saturated rings. The van der Waals surface area contributed by atoms with E-state index in [4.69, 9.17) is 14.7 Å². The largest absolute Gasteiger partial charge is 0.378 e. The fourth-order valence-corrected chi connectivity index (χ4v) is 4.35. The molecule has 3 heterocycles. The first-order valence-corrected chi connectivity index (χ1v) is 11.0. The maximum Gasteiger partial charge on any atom is 0.228 e. The van der Waals surface area contributed by atoms with E-state index < -0.39 is 0 Å². The molecule has 1 aromatic heterocycles. The van der Waals surface area contributed by atoms with Crippen molar-refractivity contribution in [2.75, 3.05) is 49.6 Å². The summed E-state index contributed by atoms with van der Waals surface area (Å²) >= 11 is 0. The highest BCUT2D eigenvalue weighted by Gasteiger charge is 2.22. The van der Waals surface area contributed by atoms with Crippen LogP contribution in [0.2, 0.25) is 0 Å². The fourth-order valence-electron chi connectivity index (χ4n) is 4.35. The minimum Gasteiger partial charge on any atom is -0.378 e. The van der Waals surface area contributed by atoms with Gasteiger partial charge in [-0.1, -0.05) is 42.5 Å². The number of ether oxygens (including phenoxy) is 1. The molecule has 30 heavy (non-hydrogen) atoms. The number of benzene rings is 2. The first-order chi connectivity index (χ1) is 14.8. The first-order valence-electron chi connectivity index (χ1n) is 11.0. The molecule has 3 aromatic rings. The Morgan fingerprint density at radius 3 is 2.40 bits per heavy atom. The number of nitrogens with zero attached hydrogens (tertiary/aromatic N) is 4. The molecule has 0 spiro atoms. The number of hydrogen-bond acceptors (Lipinski definition) is 6. The molecule has 6 nitrogen and oxygen atoms in total. The van der Waals surface area contributed by atoms with Crippen LogP contribution in [0.1, 0.15) is 18.4 Å². The second-order valence-electron chi connectivity index (χ2n) is 8.17. The molecule has 2 aliphatic rings. The van der Waals surface area contributed by atoms with E-state index in [-0.39, 0.29) is 0 Å². The fraction of sp³-hybridized carbons (Fsp3) is 0.417. The molecule has 2 aromatic carbocycles. The maximum atomic E-state index is 5.50. The van der Waals surface area contributed by atoms with Gasteiger partial charge in [0.05, 0.1) is 18.7 Å². The number of likely N-dealkylation sites (tertiary alicyclic amines) is 1. The Morgan fingerprint density at radius 1 is 0.867 bits per heavy atom. The lowest BCUT2D eigenvalue weighted by Gasteiger charge is -2.33. The molecule has 0 atom stereocenters. The van der Waals surface area contributed by atoms with Gasteiger partial charge in [-0.2, -0.15) is 4.98 Å². The number of anilines is 2. The highest BCUT2D eigenvalue weighted by Crippen LogP contribution is 2.26. The molecule has 6 heteroatoms. The van der Waals surface area contributed by atoms with Gasteiger partial charge in [0.15, 0.2) is 0 Å². The Kier molecular flexibility index (Phi) is 5.77. The second kappa shape index (κ2) is 8.98. The zero-order chi connectivity index (χ0) is 20.2. The molecule has 0 saturated carbocycles. The summed E-state index contributed by atoms with van der Waals surface area (Å²) in [4.78, 5) is 14.5. The molecular weight excluding hydrogens is 374 g/mol. The summed E-state index contributed by atoms with van der Waals surface area (Å²) < 4.78 is 5.50. The predicted molar refractivity (Wildman–Crippen MR) is 121 cm³/mol.